The second-order valence-corrected chi connectivity index (χ2v) is 10.1. The highest BCUT2D eigenvalue weighted by atomic mass is 79.9. The number of carbonyl (C=O) groups is 3. The first-order valence-electron chi connectivity index (χ1n) is 11.2. The molecule has 4 N–H and O–H groups in total. The largest absolute Gasteiger partial charge is 0.508 e. The maximum Gasteiger partial charge on any atom is 0.303 e. The Balaban J connectivity index is 1.55. The number of aromatic hydroxyl groups is 1. The van der Waals surface area contributed by atoms with Crippen molar-refractivity contribution < 1.29 is 39.5 Å². The second-order valence-electron chi connectivity index (χ2n) is 9.18. The van der Waals surface area contributed by atoms with Gasteiger partial charge in [0.25, 0.3) is 0 Å². The molecule has 3 aliphatic rings. The van der Waals surface area contributed by atoms with E-state index >= 15 is 0 Å². The number of nitrogens with zero attached hydrogens (tertiary/aromatic N) is 1. The van der Waals surface area contributed by atoms with Gasteiger partial charge in [0, 0.05) is 34.8 Å². The number of halogens is 1. The highest BCUT2D eigenvalue weighted by Crippen LogP contribution is 2.58. The predicted octanol–water partition coefficient (Wildman–Crippen LogP) is 2.18. The molecule has 1 aliphatic carbocycles. The Morgan fingerprint density at radius 2 is 1.94 bits per heavy atom. The Kier molecular flexibility index (Phi) is 6.82. The van der Waals surface area contributed by atoms with Crippen molar-refractivity contribution in [3.8, 4) is 5.75 Å². The van der Waals surface area contributed by atoms with Gasteiger partial charge in [0.2, 0.25) is 11.8 Å². The van der Waals surface area contributed by atoms with Gasteiger partial charge >= 0.3 is 5.97 Å². The van der Waals surface area contributed by atoms with E-state index in [0.717, 1.165) is 4.47 Å². The van der Waals surface area contributed by atoms with Crippen LogP contribution in [0.15, 0.2) is 22.7 Å². The maximum atomic E-state index is 13.3. The Bertz CT molecular complexity index is 954. The molecule has 10 heteroatoms. The number of hydrogen-bond acceptors (Lipinski definition) is 7. The molecule has 180 valence electrons. The van der Waals surface area contributed by atoms with Crippen LogP contribution in [0, 0.1) is 23.7 Å². The van der Waals surface area contributed by atoms with Crippen LogP contribution >= 0.6 is 15.9 Å². The average Bonchev–Trinajstić information content (AvgIpc) is 3.23. The molecule has 4 rings (SSSR count). The van der Waals surface area contributed by atoms with Gasteiger partial charge in [0.05, 0.1) is 24.5 Å². The van der Waals surface area contributed by atoms with Crippen molar-refractivity contribution in [2.75, 3.05) is 13.2 Å². The molecule has 2 saturated heterocycles. The van der Waals surface area contributed by atoms with Gasteiger partial charge in [-0.1, -0.05) is 22.4 Å². The van der Waals surface area contributed by atoms with E-state index in [1.54, 1.807) is 12.1 Å². The van der Waals surface area contributed by atoms with Gasteiger partial charge in [-0.15, -0.1) is 0 Å². The zero-order valence-electron chi connectivity index (χ0n) is 18.0. The lowest BCUT2D eigenvalue weighted by molar-refractivity contribution is -0.274. The number of aliphatic hydroxyl groups excluding tert-OH is 1. The van der Waals surface area contributed by atoms with E-state index in [1.807, 2.05) is 0 Å². The number of hydrogen-bond donors (Lipinski definition) is 4. The molecule has 2 aliphatic heterocycles. The van der Waals surface area contributed by atoms with E-state index in [2.05, 4.69) is 15.9 Å². The van der Waals surface area contributed by atoms with Crippen LogP contribution in [0.2, 0.25) is 0 Å². The number of phenolic OH excluding ortho intramolecular Hbond substituents is 1. The van der Waals surface area contributed by atoms with E-state index in [1.165, 1.54) is 11.0 Å². The first kappa shape index (κ1) is 24.1. The number of aliphatic hydroxyl groups is 2. The summed E-state index contributed by atoms with van der Waals surface area (Å²) in [4.78, 5) is 38.3. The fourth-order valence-corrected chi connectivity index (χ4v) is 6.06. The number of rotatable bonds is 8. The second kappa shape index (κ2) is 9.32. The predicted molar refractivity (Wildman–Crippen MR) is 118 cm³/mol. The van der Waals surface area contributed by atoms with E-state index < -0.39 is 48.1 Å². The zero-order valence-corrected chi connectivity index (χ0v) is 19.6. The molecular weight excluding hydrogens is 498 g/mol. The van der Waals surface area contributed by atoms with Gasteiger partial charge in [-0.3, -0.25) is 19.3 Å². The highest BCUT2D eigenvalue weighted by Gasteiger charge is 2.66. The number of carboxylic acids is 1. The quantitative estimate of drug-likeness (QED) is 0.298. The van der Waals surface area contributed by atoms with Gasteiger partial charge in [-0.2, -0.15) is 0 Å². The Hall–Kier alpha value is -2.01. The SMILES string of the molecule is O=C(O)CCCCCN1C(=O)[C@H]2[C@H](C[C@H](CO)[C@@]3(O)O[C@H](c4cc(Br)ccc4O)C[C@@H]23)C1=O. The molecule has 1 saturated carbocycles. The fourth-order valence-electron chi connectivity index (χ4n) is 5.68. The molecule has 6 atom stereocenters. The summed E-state index contributed by atoms with van der Waals surface area (Å²) < 4.78 is 6.74. The lowest BCUT2D eigenvalue weighted by Crippen LogP contribution is -2.54. The van der Waals surface area contributed by atoms with Crippen LogP contribution in [-0.2, 0) is 19.1 Å². The van der Waals surface area contributed by atoms with Gasteiger partial charge in [0.15, 0.2) is 5.79 Å². The molecule has 0 radical (unpaired) electrons. The molecule has 2 heterocycles. The minimum atomic E-state index is -1.79. The molecular formula is C23H28BrNO8. The smallest absolute Gasteiger partial charge is 0.303 e. The third-order valence-corrected chi connectivity index (χ3v) is 7.78. The van der Waals surface area contributed by atoms with Crippen molar-refractivity contribution in [3.63, 3.8) is 0 Å². The summed E-state index contributed by atoms with van der Waals surface area (Å²) in [6.07, 6.45) is 1.26. The average molecular weight is 526 g/mol. The van der Waals surface area contributed by atoms with E-state index in [0.29, 0.717) is 24.8 Å². The third-order valence-electron chi connectivity index (χ3n) is 7.28. The van der Waals surface area contributed by atoms with Gasteiger partial charge in [0.1, 0.15) is 5.75 Å². The fraction of sp³-hybridized carbons (Fsp3) is 0.609. The molecule has 0 spiro atoms. The Morgan fingerprint density at radius 1 is 1.18 bits per heavy atom. The van der Waals surface area contributed by atoms with Gasteiger partial charge < -0.3 is 25.2 Å². The third kappa shape index (κ3) is 4.29. The van der Waals surface area contributed by atoms with Crippen LogP contribution in [0.3, 0.4) is 0 Å². The van der Waals surface area contributed by atoms with Gasteiger partial charge in [-0.25, -0.2) is 0 Å². The lowest BCUT2D eigenvalue weighted by atomic mass is 9.64. The van der Waals surface area contributed by atoms with Crippen molar-refractivity contribution in [1.29, 1.82) is 0 Å². The van der Waals surface area contributed by atoms with Gasteiger partial charge in [-0.05, 0) is 43.9 Å². The van der Waals surface area contributed by atoms with Crippen molar-refractivity contribution in [2.24, 2.45) is 23.7 Å². The van der Waals surface area contributed by atoms with E-state index in [4.69, 9.17) is 9.84 Å². The minimum absolute atomic E-state index is 0.000595. The first-order chi connectivity index (χ1) is 15.7. The number of imide groups is 1. The van der Waals surface area contributed by atoms with E-state index in [9.17, 15) is 29.7 Å². The molecule has 1 aromatic carbocycles. The number of benzene rings is 1. The van der Waals surface area contributed by atoms with Crippen molar-refractivity contribution >= 4 is 33.7 Å². The molecule has 1 aromatic rings. The number of amides is 2. The number of unbranched alkanes of at least 4 members (excludes halogenated alkanes) is 2. The number of ether oxygens (including phenoxy) is 1. The molecule has 0 unspecified atom stereocenters. The maximum absolute atomic E-state index is 13.3. The number of aliphatic carboxylic acids is 1. The molecule has 3 fully saturated rings. The van der Waals surface area contributed by atoms with Crippen molar-refractivity contribution in [2.45, 2.75) is 50.4 Å². The standard InChI is InChI=1S/C23H28BrNO8/c24-13-5-6-17(27)14(9-13)18-10-16-20-15(8-12(11-26)23(16,32)33-18)21(30)25(22(20)31)7-3-1-2-4-19(28)29/h5-6,9,12,15-16,18,20,26-27,32H,1-4,7-8,10-11H2,(H,28,29)/t12-,15+,16+,18+,20+,23-/m1/s1. The van der Waals surface area contributed by atoms with Crippen LogP contribution < -0.4 is 0 Å². The molecule has 0 aromatic heterocycles. The molecule has 2 amide bonds. The zero-order chi connectivity index (χ0) is 23.9. The minimum Gasteiger partial charge on any atom is -0.508 e. The van der Waals surface area contributed by atoms with Crippen LogP contribution in [0.25, 0.3) is 0 Å². The van der Waals surface area contributed by atoms with Crippen molar-refractivity contribution in [1.82, 2.24) is 4.90 Å². The Morgan fingerprint density at radius 3 is 2.64 bits per heavy atom. The van der Waals surface area contributed by atoms with Crippen molar-refractivity contribution in [3.05, 3.63) is 28.2 Å². The molecule has 0 bridgehead atoms. The van der Waals surface area contributed by atoms with Crippen LogP contribution in [0.5, 0.6) is 5.75 Å². The normalized spacial score (nSPS) is 33.3. The summed E-state index contributed by atoms with van der Waals surface area (Å²) >= 11 is 3.37. The van der Waals surface area contributed by atoms with Crippen LogP contribution in [0.4, 0.5) is 0 Å². The summed E-state index contributed by atoms with van der Waals surface area (Å²) in [6, 6.07) is 4.88. The summed E-state index contributed by atoms with van der Waals surface area (Å²) in [5.41, 5.74) is 0.465. The van der Waals surface area contributed by atoms with Crippen LogP contribution in [-0.4, -0.2) is 62.0 Å². The highest BCUT2D eigenvalue weighted by molar-refractivity contribution is 9.10. The summed E-state index contributed by atoms with van der Waals surface area (Å²) in [6.45, 7) is -0.194. The monoisotopic (exact) mass is 525 g/mol. The van der Waals surface area contributed by atoms with E-state index in [-0.39, 0.29) is 43.4 Å². The first-order valence-corrected chi connectivity index (χ1v) is 12.0. The number of fused-ring (bicyclic) bond motifs is 3. The summed E-state index contributed by atoms with van der Waals surface area (Å²) in [5, 5.41) is 40.6. The lowest BCUT2D eigenvalue weighted by Gasteiger charge is -2.44. The molecule has 33 heavy (non-hydrogen) atoms. The topological polar surface area (TPSA) is 145 Å². The van der Waals surface area contributed by atoms with Crippen LogP contribution in [0.1, 0.15) is 50.2 Å². The summed E-state index contributed by atoms with van der Waals surface area (Å²) in [7, 11) is 0. The number of carbonyl (C=O) groups excluding carboxylic acids is 2. The number of likely N-dealkylation sites (tertiary alicyclic amines) is 1. The number of phenols is 1. The molecule has 9 nitrogen and oxygen atoms in total. The summed E-state index contributed by atoms with van der Waals surface area (Å²) in [5.74, 6) is -6.18. The number of carboxylic acid groups (broad SMARTS) is 1. The Labute approximate surface area is 199 Å².